The third kappa shape index (κ3) is 4.92. The second-order valence-electron chi connectivity index (χ2n) is 6.95. The Hall–Kier alpha value is -3.48. The molecule has 3 aromatic rings. The molecule has 0 spiro atoms. The van der Waals surface area contributed by atoms with Gasteiger partial charge in [0.05, 0.1) is 11.0 Å². The molecule has 0 unspecified atom stereocenters. The van der Waals surface area contributed by atoms with Gasteiger partial charge >= 0.3 is 0 Å². The maximum atomic E-state index is 13.1. The molecule has 0 fully saturated rings. The van der Waals surface area contributed by atoms with Crippen molar-refractivity contribution < 1.29 is 9.59 Å². The van der Waals surface area contributed by atoms with Crippen LogP contribution in [0, 0.1) is 0 Å². The molecule has 3 rings (SSSR count). The van der Waals surface area contributed by atoms with E-state index in [4.69, 9.17) is 0 Å². The van der Waals surface area contributed by atoms with Crippen LogP contribution in [0.4, 0.5) is 5.69 Å². The molecule has 2 N–H and O–H groups in total. The molecule has 1 heterocycles. The predicted octanol–water partition coefficient (Wildman–Crippen LogP) is 2.67. The van der Waals surface area contributed by atoms with E-state index < -0.39 is 0 Å². The molecule has 0 aliphatic heterocycles. The quantitative estimate of drug-likeness (QED) is 0.601. The number of nitrogens with zero attached hydrogens (tertiary/aromatic N) is 2. The Morgan fingerprint density at radius 3 is 2.50 bits per heavy atom. The zero-order valence-electron chi connectivity index (χ0n) is 17.3. The van der Waals surface area contributed by atoms with Crippen molar-refractivity contribution in [3.8, 4) is 0 Å². The minimum Gasteiger partial charge on any atom is -0.356 e. The first-order valence-corrected chi connectivity index (χ1v) is 10.2. The molecular weight excluding hydrogens is 380 g/mol. The summed E-state index contributed by atoms with van der Waals surface area (Å²) in [6, 6.07) is 14.8. The lowest BCUT2D eigenvalue weighted by molar-refractivity contribution is -0.121. The van der Waals surface area contributed by atoms with Gasteiger partial charge in [0.1, 0.15) is 12.2 Å². The second-order valence-corrected chi connectivity index (χ2v) is 6.95. The van der Waals surface area contributed by atoms with Crippen LogP contribution < -0.4 is 16.2 Å². The molecule has 7 nitrogen and oxygen atoms in total. The van der Waals surface area contributed by atoms with Gasteiger partial charge in [0.2, 0.25) is 11.8 Å². The lowest BCUT2D eigenvalue weighted by atomic mass is 10.1. The third-order valence-electron chi connectivity index (χ3n) is 4.86. The Kier molecular flexibility index (Phi) is 6.95. The fourth-order valence-electron chi connectivity index (χ4n) is 3.37. The van der Waals surface area contributed by atoms with Crippen LogP contribution in [0.5, 0.6) is 0 Å². The van der Waals surface area contributed by atoms with E-state index in [9.17, 15) is 14.4 Å². The number of fused-ring (bicyclic) bond motifs is 1. The number of carbonyl (C=O) groups excluding carboxylic acids is 2. The van der Waals surface area contributed by atoms with Gasteiger partial charge in [-0.05, 0) is 37.1 Å². The summed E-state index contributed by atoms with van der Waals surface area (Å²) in [5.74, 6) is -0.420. The van der Waals surface area contributed by atoms with E-state index >= 15 is 0 Å². The molecule has 0 bridgehead atoms. The molecule has 2 aromatic carbocycles. The topological polar surface area (TPSA) is 93.1 Å². The maximum Gasteiger partial charge on any atom is 0.273 e. The van der Waals surface area contributed by atoms with Crippen molar-refractivity contribution in [3.63, 3.8) is 0 Å². The third-order valence-corrected chi connectivity index (χ3v) is 4.86. The number of benzene rings is 2. The average molecular weight is 406 g/mol. The van der Waals surface area contributed by atoms with Crippen LogP contribution in [0.3, 0.4) is 0 Å². The number of carbonyl (C=O) groups is 2. The van der Waals surface area contributed by atoms with Gasteiger partial charge in [0.25, 0.3) is 5.56 Å². The van der Waals surface area contributed by atoms with Gasteiger partial charge < -0.3 is 10.6 Å². The molecular formula is C23H26N4O3. The Morgan fingerprint density at radius 1 is 1.00 bits per heavy atom. The number of anilines is 1. The number of hydrogen-bond donors (Lipinski definition) is 2. The summed E-state index contributed by atoms with van der Waals surface area (Å²) in [4.78, 5) is 42.1. The van der Waals surface area contributed by atoms with Crippen molar-refractivity contribution in [1.29, 1.82) is 0 Å². The van der Waals surface area contributed by atoms with Gasteiger partial charge in [-0.1, -0.05) is 37.3 Å². The fraction of sp³-hybridized carbons (Fsp3) is 0.304. The van der Waals surface area contributed by atoms with Crippen LogP contribution in [0.25, 0.3) is 11.0 Å². The highest BCUT2D eigenvalue weighted by molar-refractivity contribution is 5.92. The number of aromatic nitrogens is 2. The van der Waals surface area contributed by atoms with Crippen LogP contribution >= 0.6 is 0 Å². The minimum atomic E-state index is -0.350. The summed E-state index contributed by atoms with van der Waals surface area (Å²) < 4.78 is 1.43. The number of rotatable bonds is 8. The summed E-state index contributed by atoms with van der Waals surface area (Å²) in [6.07, 6.45) is 1.18. The highest BCUT2D eigenvalue weighted by Gasteiger charge is 2.15. The number of aryl methyl sites for hydroxylation is 2. The smallest absolute Gasteiger partial charge is 0.273 e. The summed E-state index contributed by atoms with van der Waals surface area (Å²) in [5.41, 5.74) is 2.90. The largest absolute Gasteiger partial charge is 0.356 e. The maximum absolute atomic E-state index is 13.1. The molecule has 0 saturated carbocycles. The number of nitrogens with one attached hydrogen (secondary N) is 2. The summed E-state index contributed by atoms with van der Waals surface area (Å²) in [6.45, 7) is 4.27. The monoisotopic (exact) mass is 406 g/mol. The van der Waals surface area contributed by atoms with E-state index in [0.717, 1.165) is 17.7 Å². The van der Waals surface area contributed by atoms with E-state index in [0.29, 0.717) is 17.6 Å². The molecule has 0 saturated heterocycles. The van der Waals surface area contributed by atoms with Crippen LogP contribution in [0.15, 0.2) is 53.3 Å². The zero-order valence-corrected chi connectivity index (χ0v) is 17.3. The molecule has 156 valence electrons. The van der Waals surface area contributed by atoms with Gasteiger partial charge in [-0.2, -0.15) is 0 Å². The lowest BCUT2D eigenvalue weighted by Crippen LogP contribution is -2.32. The SMILES string of the molecule is CCNC(=O)CCc1nc2ccccc2n(CC(=O)Nc2ccccc2CC)c1=O. The summed E-state index contributed by atoms with van der Waals surface area (Å²) in [5, 5.41) is 5.62. The fourth-order valence-corrected chi connectivity index (χ4v) is 3.37. The summed E-state index contributed by atoms with van der Waals surface area (Å²) in [7, 11) is 0. The van der Waals surface area contributed by atoms with Crippen molar-refractivity contribution >= 4 is 28.5 Å². The van der Waals surface area contributed by atoms with Crippen molar-refractivity contribution in [2.24, 2.45) is 0 Å². The van der Waals surface area contributed by atoms with Gasteiger partial charge in [-0.3, -0.25) is 19.0 Å². The standard InChI is InChI=1S/C23H26N4O3/c1-3-16-9-5-6-10-17(16)26-22(29)15-27-20-12-8-7-11-18(20)25-19(23(27)30)13-14-21(28)24-4-2/h5-12H,3-4,13-15H2,1-2H3,(H,24,28)(H,26,29). The summed E-state index contributed by atoms with van der Waals surface area (Å²) >= 11 is 0. The first-order chi connectivity index (χ1) is 14.5. The van der Waals surface area contributed by atoms with Crippen molar-refractivity contribution in [2.75, 3.05) is 11.9 Å². The van der Waals surface area contributed by atoms with E-state index in [1.165, 1.54) is 4.57 Å². The molecule has 0 aliphatic rings. The predicted molar refractivity (Wildman–Crippen MR) is 117 cm³/mol. The van der Waals surface area contributed by atoms with E-state index in [1.807, 2.05) is 44.2 Å². The number of para-hydroxylation sites is 3. The van der Waals surface area contributed by atoms with Crippen LogP contribution in [-0.2, 0) is 29.0 Å². The highest BCUT2D eigenvalue weighted by atomic mass is 16.2. The molecule has 0 aliphatic carbocycles. The molecule has 1 aromatic heterocycles. The molecule has 7 heteroatoms. The van der Waals surface area contributed by atoms with Crippen molar-refractivity contribution in [3.05, 3.63) is 70.1 Å². The molecule has 0 atom stereocenters. The highest BCUT2D eigenvalue weighted by Crippen LogP contribution is 2.16. The van der Waals surface area contributed by atoms with Crippen LogP contribution in [0.1, 0.15) is 31.5 Å². The van der Waals surface area contributed by atoms with E-state index in [2.05, 4.69) is 15.6 Å². The average Bonchev–Trinajstić information content (AvgIpc) is 2.75. The van der Waals surface area contributed by atoms with E-state index in [-0.39, 0.29) is 42.5 Å². The first-order valence-electron chi connectivity index (χ1n) is 10.2. The van der Waals surface area contributed by atoms with Crippen molar-refractivity contribution in [2.45, 2.75) is 39.7 Å². The number of hydrogen-bond acceptors (Lipinski definition) is 4. The van der Waals surface area contributed by atoms with Crippen molar-refractivity contribution in [1.82, 2.24) is 14.9 Å². The van der Waals surface area contributed by atoms with Gasteiger partial charge in [-0.25, -0.2) is 4.98 Å². The van der Waals surface area contributed by atoms with E-state index in [1.54, 1.807) is 18.2 Å². The zero-order chi connectivity index (χ0) is 21.5. The van der Waals surface area contributed by atoms with Gasteiger partial charge in [0.15, 0.2) is 0 Å². The van der Waals surface area contributed by atoms with Crippen LogP contribution in [0.2, 0.25) is 0 Å². The Labute approximate surface area is 175 Å². The normalized spacial score (nSPS) is 10.7. The van der Waals surface area contributed by atoms with Gasteiger partial charge in [0, 0.05) is 25.1 Å². The van der Waals surface area contributed by atoms with Gasteiger partial charge in [-0.15, -0.1) is 0 Å². The Bertz CT molecular complexity index is 1120. The molecule has 30 heavy (non-hydrogen) atoms. The Morgan fingerprint density at radius 2 is 1.73 bits per heavy atom. The van der Waals surface area contributed by atoms with Crippen LogP contribution in [-0.4, -0.2) is 27.9 Å². The second kappa shape index (κ2) is 9.82. The first kappa shape index (κ1) is 21.2. The lowest BCUT2D eigenvalue weighted by Gasteiger charge is -2.14. The molecule has 0 radical (unpaired) electrons. The Balaban J connectivity index is 1.90. The minimum absolute atomic E-state index is 0.131. The number of amides is 2. The molecule has 2 amide bonds.